The van der Waals surface area contributed by atoms with Gasteiger partial charge in [0.15, 0.2) is 0 Å². The van der Waals surface area contributed by atoms with E-state index in [0.717, 1.165) is 5.56 Å². The van der Waals surface area contributed by atoms with Crippen molar-refractivity contribution >= 4 is 11.6 Å². The largest absolute Gasteiger partial charge is 0.378 e. The number of oxime groups is 1. The minimum absolute atomic E-state index is 0.0612. The lowest BCUT2D eigenvalue weighted by molar-refractivity contribution is -0.120. The molecule has 0 amide bonds. The molecule has 4 heteroatoms. The molecule has 1 atom stereocenters. The summed E-state index contributed by atoms with van der Waals surface area (Å²) in [6.45, 7) is 0. The molecule has 66 valence electrons. The Morgan fingerprint density at radius 1 is 1.31 bits per heavy atom. The summed E-state index contributed by atoms with van der Waals surface area (Å²) in [7, 11) is 0. The number of Topliss-reactive ketones (excluding diaryl/α,β-unsaturated/α-hetero) is 1. The average molecular weight is 176 g/mol. The molecular weight excluding hydrogens is 168 g/mol. The van der Waals surface area contributed by atoms with E-state index in [4.69, 9.17) is 10.6 Å². The van der Waals surface area contributed by atoms with E-state index in [-0.39, 0.29) is 11.6 Å². The van der Waals surface area contributed by atoms with Gasteiger partial charge in [-0.05, 0) is 0 Å². The van der Waals surface area contributed by atoms with Crippen molar-refractivity contribution in [2.75, 3.05) is 0 Å². The SMILES string of the molecule is NC1=NOC(c2ccccc2)C1=O. The lowest BCUT2D eigenvalue weighted by Crippen LogP contribution is -2.23. The summed E-state index contributed by atoms with van der Waals surface area (Å²) in [6.07, 6.45) is -0.652. The Labute approximate surface area is 75.0 Å². The number of carbonyl (C=O) groups excluding carboxylic acids is 1. The fourth-order valence-corrected chi connectivity index (χ4v) is 1.18. The Kier molecular flexibility index (Phi) is 1.73. The van der Waals surface area contributed by atoms with Crippen LogP contribution < -0.4 is 5.73 Å². The second kappa shape index (κ2) is 2.90. The number of hydrogen-bond donors (Lipinski definition) is 1. The van der Waals surface area contributed by atoms with E-state index in [1.807, 2.05) is 18.2 Å². The van der Waals surface area contributed by atoms with Gasteiger partial charge in [0.05, 0.1) is 0 Å². The highest BCUT2D eigenvalue weighted by molar-refractivity contribution is 6.40. The van der Waals surface area contributed by atoms with Crippen molar-refractivity contribution in [3.05, 3.63) is 35.9 Å². The first-order chi connectivity index (χ1) is 6.29. The van der Waals surface area contributed by atoms with Crippen molar-refractivity contribution in [2.45, 2.75) is 6.10 Å². The van der Waals surface area contributed by atoms with Crippen molar-refractivity contribution in [3.63, 3.8) is 0 Å². The van der Waals surface area contributed by atoms with Gasteiger partial charge in [-0.15, -0.1) is 0 Å². The standard InChI is InChI=1S/C9H8N2O2/c10-9-7(12)8(13-11-9)6-4-2-1-3-5-6/h1-5,8H,(H2,10,11). The van der Waals surface area contributed by atoms with Gasteiger partial charge in [0.25, 0.3) is 0 Å². The monoisotopic (exact) mass is 176 g/mol. The molecule has 0 spiro atoms. The molecule has 4 nitrogen and oxygen atoms in total. The topological polar surface area (TPSA) is 64.7 Å². The van der Waals surface area contributed by atoms with Gasteiger partial charge in [-0.2, -0.15) is 0 Å². The molecule has 1 aromatic carbocycles. The number of ketones is 1. The van der Waals surface area contributed by atoms with Crippen molar-refractivity contribution < 1.29 is 9.63 Å². The Morgan fingerprint density at radius 2 is 2.00 bits per heavy atom. The second-order valence-electron chi connectivity index (χ2n) is 2.74. The van der Waals surface area contributed by atoms with E-state index >= 15 is 0 Å². The number of hydrogen-bond acceptors (Lipinski definition) is 4. The van der Waals surface area contributed by atoms with E-state index in [9.17, 15) is 4.79 Å². The Morgan fingerprint density at radius 3 is 2.54 bits per heavy atom. The van der Waals surface area contributed by atoms with Crippen LogP contribution in [-0.2, 0) is 9.63 Å². The first-order valence-electron chi connectivity index (χ1n) is 3.87. The fraction of sp³-hybridized carbons (Fsp3) is 0.111. The van der Waals surface area contributed by atoms with E-state index in [0.29, 0.717) is 0 Å². The van der Waals surface area contributed by atoms with Crippen LogP contribution in [0.2, 0.25) is 0 Å². The van der Waals surface area contributed by atoms with Gasteiger partial charge in [-0.25, -0.2) is 0 Å². The molecule has 1 aliphatic heterocycles. The van der Waals surface area contributed by atoms with E-state index in [2.05, 4.69) is 5.16 Å². The zero-order valence-corrected chi connectivity index (χ0v) is 6.81. The van der Waals surface area contributed by atoms with Crippen LogP contribution in [0.25, 0.3) is 0 Å². The van der Waals surface area contributed by atoms with E-state index in [1.165, 1.54) is 0 Å². The lowest BCUT2D eigenvalue weighted by Gasteiger charge is -2.05. The first-order valence-corrected chi connectivity index (χ1v) is 3.87. The highest BCUT2D eigenvalue weighted by Gasteiger charge is 2.31. The summed E-state index contributed by atoms with van der Waals surface area (Å²) in [6, 6.07) is 9.14. The third-order valence-electron chi connectivity index (χ3n) is 1.85. The molecule has 1 aromatic rings. The second-order valence-corrected chi connectivity index (χ2v) is 2.74. The van der Waals surface area contributed by atoms with Crippen LogP contribution in [0.5, 0.6) is 0 Å². The molecule has 1 unspecified atom stereocenters. The van der Waals surface area contributed by atoms with Gasteiger partial charge in [0.1, 0.15) is 0 Å². The van der Waals surface area contributed by atoms with Gasteiger partial charge in [0, 0.05) is 5.56 Å². The van der Waals surface area contributed by atoms with Gasteiger partial charge >= 0.3 is 0 Å². The van der Waals surface area contributed by atoms with E-state index in [1.54, 1.807) is 12.1 Å². The Bertz CT molecular complexity index is 359. The molecule has 0 saturated heterocycles. The molecule has 0 saturated carbocycles. The summed E-state index contributed by atoms with van der Waals surface area (Å²) in [5, 5.41) is 3.42. The molecule has 0 aliphatic carbocycles. The molecule has 13 heavy (non-hydrogen) atoms. The third kappa shape index (κ3) is 1.26. The Balaban J connectivity index is 2.27. The van der Waals surface area contributed by atoms with Crippen LogP contribution in [0.4, 0.5) is 0 Å². The van der Waals surface area contributed by atoms with Gasteiger partial charge in [0.2, 0.25) is 17.7 Å². The molecule has 0 bridgehead atoms. The van der Waals surface area contributed by atoms with Crippen LogP contribution in [0.1, 0.15) is 11.7 Å². The summed E-state index contributed by atoms with van der Waals surface area (Å²) in [5.74, 6) is -0.333. The van der Waals surface area contributed by atoms with Crippen LogP contribution in [-0.4, -0.2) is 11.6 Å². The first kappa shape index (κ1) is 7.79. The molecule has 0 radical (unpaired) electrons. The molecule has 0 aromatic heterocycles. The smallest absolute Gasteiger partial charge is 0.248 e. The molecule has 2 N–H and O–H groups in total. The molecular formula is C9H8N2O2. The molecule has 2 rings (SSSR count). The minimum atomic E-state index is -0.652. The minimum Gasteiger partial charge on any atom is -0.378 e. The molecule has 1 aliphatic rings. The van der Waals surface area contributed by atoms with E-state index < -0.39 is 6.10 Å². The number of nitrogens with two attached hydrogens (primary N) is 1. The van der Waals surface area contributed by atoms with Crippen LogP contribution in [0.3, 0.4) is 0 Å². The normalized spacial score (nSPS) is 21.1. The Hall–Kier alpha value is -1.84. The van der Waals surface area contributed by atoms with Crippen molar-refractivity contribution in [2.24, 2.45) is 10.9 Å². The maximum atomic E-state index is 11.3. The number of amidine groups is 1. The fourth-order valence-electron chi connectivity index (χ4n) is 1.18. The van der Waals surface area contributed by atoms with Crippen LogP contribution in [0.15, 0.2) is 35.5 Å². The van der Waals surface area contributed by atoms with Gasteiger partial charge in [-0.3, -0.25) is 4.79 Å². The predicted molar refractivity (Wildman–Crippen MR) is 46.9 cm³/mol. The lowest BCUT2D eigenvalue weighted by atomic mass is 10.1. The van der Waals surface area contributed by atoms with Gasteiger partial charge in [-0.1, -0.05) is 35.5 Å². The summed E-state index contributed by atoms with van der Waals surface area (Å²) >= 11 is 0. The van der Waals surface area contributed by atoms with Crippen LogP contribution in [0, 0.1) is 0 Å². The van der Waals surface area contributed by atoms with Crippen molar-refractivity contribution in [1.29, 1.82) is 0 Å². The maximum absolute atomic E-state index is 11.3. The summed E-state index contributed by atoms with van der Waals surface area (Å²) in [5.41, 5.74) is 6.06. The zero-order chi connectivity index (χ0) is 9.26. The predicted octanol–water partition coefficient (Wildman–Crippen LogP) is 0.599. The average Bonchev–Trinajstić information content (AvgIpc) is 2.49. The van der Waals surface area contributed by atoms with Crippen molar-refractivity contribution in [3.8, 4) is 0 Å². The molecule has 0 fully saturated rings. The summed E-state index contributed by atoms with van der Waals surface area (Å²) in [4.78, 5) is 16.2. The number of nitrogens with zero attached hydrogens (tertiary/aromatic N) is 1. The third-order valence-corrected chi connectivity index (χ3v) is 1.85. The van der Waals surface area contributed by atoms with Crippen LogP contribution >= 0.6 is 0 Å². The number of rotatable bonds is 1. The summed E-state index contributed by atoms with van der Waals surface area (Å²) < 4.78 is 0. The number of benzene rings is 1. The maximum Gasteiger partial charge on any atom is 0.248 e. The van der Waals surface area contributed by atoms with Crippen molar-refractivity contribution in [1.82, 2.24) is 0 Å². The zero-order valence-electron chi connectivity index (χ0n) is 6.81. The quantitative estimate of drug-likeness (QED) is 0.681. The highest BCUT2D eigenvalue weighted by Crippen LogP contribution is 2.22. The number of carbonyl (C=O) groups is 1. The molecule has 1 heterocycles. The van der Waals surface area contributed by atoms with Gasteiger partial charge < -0.3 is 10.6 Å². The highest BCUT2D eigenvalue weighted by atomic mass is 16.6.